The Labute approximate surface area is 116 Å². The van der Waals surface area contributed by atoms with Gasteiger partial charge in [-0.15, -0.1) is 0 Å². The molecule has 2 fully saturated rings. The number of hydrogen-bond donors (Lipinski definition) is 1. The van der Waals surface area contributed by atoms with Crippen LogP contribution in [0.15, 0.2) is 30.3 Å². The molecule has 0 radical (unpaired) electrons. The lowest BCUT2D eigenvalue weighted by molar-refractivity contribution is 0.186. The van der Waals surface area contributed by atoms with Crippen LogP contribution in [-0.2, 0) is 6.54 Å². The summed E-state index contributed by atoms with van der Waals surface area (Å²) < 4.78 is 0. The number of likely N-dealkylation sites (tertiary alicyclic amines) is 1. The van der Waals surface area contributed by atoms with Crippen LogP contribution in [0, 0.1) is 0 Å². The average molecular weight is 259 g/mol. The molecule has 0 spiro atoms. The van der Waals surface area contributed by atoms with Crippen LogP contribution in [0.25, 0.3) is 0 Å². The zero-order valence-corrected chi connectivity index (χ0v) is 11.7. The summed E-state index contributed by atoms with van der Waals surface area (Å²) in [5.74, 6) is 0. The van der Waals surface area contributed by atoms with Gasteiger partial charge < -0.3 is 5.73 Å². The zero-order valence-electron chi connectivity index (χ0n) is 11.7. The minimum atomic E-state index is 0.736. The van der Waals surface area contributed by atoms with Crippen LogP contribution in [-0.4, -0.2) is 48.1 Å². The van der Waals surface area contributed by atoms with Crippen LogP contribution in [0.2, 0.25) is 0 Å². The summed E-state index contributed by atoms with van der Waals surface area (Å²) in [4.78, 5) is 5.26. The highest BCUT2D eigenvalue weighted by Gasteiger charge is 2.36. The van der Waals surface area contributed by atoms with Gasteiger partial charge in [0.2, 0.25) is 0 Å². The predicted molar refractivity (Wildman–Crippen MR) is 78.9 cm³/mol. The topological polar surface area (TPSA) is 32.5 Å². The molecule has 1 saturated heterocycles. The van der Waals surface area contributed by atoms with E-state index in [1.807, 2.05) is 0 Å². The molecule has 104 valence electrons. The molecule has 1 aliphatic heterocycles. The number of nitrogens with zero attached hydrogens (tertiary/aromatic N) is 2. The largest absolute Gasteiger partial charge is 0.329 e. The van der Waals surface area contributed by atoms with Gasteiger partial charge in [0.1, 0.15) is 0 Å². The molecule has 1 atom stereocenters. The fourth-order valence-electron chi connectivity index (χ4n) is 3.29. The van der Waals surface area contributed by atoms with Gasteiger partial charge in [0.15, 0.2) is 0 Å². The highest BCUT2D eigenvalue weighted by atomic mass is 15.3. The summed E-state index contributed by atoms with van der Waals surface area (Å²) >= 11 is 0. The monoisotopic (exact) mass is 259 g/mol. The summed E-state index contributed by atoms with van der Waals surface area (Å²) in [5, 5.41) is 0. The molecule has 3 heteroatoms. The molecule has 1 aliphatic carbocycles. The van der Waals surface area contributed by atoms with E-state index in [9.17, 15) is 0 Å². The van der Waals surface area contributed by atoms with Gasteiger partial charge in [-0.3, -0.25) is 9.80 Å². The highest BCUT2D eigenvalue weighted by Crippen LogP contribution is 2.31. The number of hydrogen-bond acceptors (Lipinski definition) is 3. The third-order valence-corrected chi connectivity index (χ3v) is 4.37. The lowest BCUT2D eigenvalue weighted by atomic mass is 10.2. The Hall–Kier alpha value is -0.900. The summed E-state index contributed by atoms with van der Waals surface area (Å²) in [5.41, 5.74) is 7.20. The Morgan fingerprint density at radius 1 is 1.11 bits per heavy atom. The molecular formula is C16H25N3. The molecule has 1 aromatic carbocycles. The van der Waals surface area contributed by atoms with Crippen molar-refractivity contribution in [2.45, 2.75) is 37.9 Å². The maximum atomic E-state index is 5.77. The molecule has 1 saturated carbocycles. The van der Waals surface area contributed by atoms with Crippen LogP contribution >= 0.6 is 0 Å². The zero-order chi connectivity index (χ0) is 13.1. The summed E-state index contributed by atoms with van der Waals surface area (Å²) in [6.07, 6.45) is 4.08. The molecule has 19 heavy (non-hydrogen) atoms. The number of nitrogens with two attached hydrogens (primary N) is 1. The van der Waals surface area contributed by atoms with E-state index in [2.05, 4.69) is 40.1 Å². The Morgan fingerprint density at radius 3 is 2.58 bits per heavy atom. The lowest BCUT2D eigenvalue weighted by Gasteiger charge is -2.28. The van der Waals surface area contributed by atoms with E-state index in [0.717, 1.165) is 31.7 Å². The minimum Gasteiger partial charge on any atom is -0.329 e. The predicted octanol–water partition coefficient (Wildman–Crippen LogP) is 1.68. The Morgan fingerprint density at radius 2 is 1.89 bits per heavy atom. The van der Waals surface area contributed by atoms with Gasteiger partial charge >= 0.3 is 0 Å². The van der Waals surface area contributed by atoms with E-state index in [4.69, 9.17) is 5.73 Å². The first kappa shape index (κ1) is 13.1. The smallest absolute Gasteiger partial charge is 0.0238 e. The second kappa shape index (κ2) is 6.04. The molecule has 3 rings (SSSR count). The van der Waals surface area contributed by atoms with Crippen LogP contribution in [0.3, 0.4) is 0 Å². The molecule has 0 amide bonds. The van der Waals surface area contributed by atoms with Crippen molar-refractivity contribution in [2.75, 3.05) is 26.2 Å². The molecule has 0 unspecified atom stereocenters. The van der Waals surface area contributed by atoms with Gasteiger partial charge in [0.05, 0.1) is 0 Å². The quantitative estimate of drug-likeness (QED) is 0.844. The third-order valence-electron chi connectivity index (χ3n) is 4.37. The minimum absolute atomic E-state index is 0.736. The van der Waals surface area contributed by atoms with Crippen molar-refractivity contribution in [3.63, 3.8) is 0 Å². The summed E-state index contributed by atoms with van der Waals surface area (Å²) in [6.45, 7) is 5.41. The first-order valence-electron chi connectivity index (χ1n) is 7.59. The van der Waals surface area contributed by atoms with Crippen molar-refractivity contribution in [1.29, 1.82) is 0 Å². The fourth-order valence-corrected chi connectivity index (χ4v) is 3.29. The van der Waals surface area contributed by atoms with Crippen LogP contribution in [0.5, 0.6) is 0 Å². The van der Waals surface area contributed by atoms with Crippen molar-refractivity contribution in [1.82, 2.24) is 9.80 Å². The maximum absolute atomic E-state index is 5.77. The van der Waals surface area contributed by atoms with Crippen molar-refractivity contribution in [3.05, 3.63) is 35.9 Å². The van der Waals surface area contributed by atoms with E-state index in [0.29, 0.717) is 0 Å². The first-order chi connectivity index (χ1) is 9.36. The fraction of sp³-hybridized carbons (Fsp3) is 0.625. The average Bonchev–Trinajstić information content (AvgIpc) is 3.17. The molecule has 0 bridgehead atoms. The van der Waals surface area contributed by atoms with Crippen molar-refractivity contribution in [2.24, 2.45) is 5.73 Å². The van der Waals surface area contributed by atoms with Gasteiger partial charge in [-0.05, 0) is 24.8 Å². The molecule has 2 N–H and O–H groups in total. The Kier molecular flexibility index (Phi) is 4.16. The Bertz CT molecular complexity index is 388. The van der Waals surface area contributed by atoms with Crippen molar-refractivity contribution >= 4 is 0 Å². The molecular weight excluding hydrogens is 234 g/mol. The van der Waals surface area contributed by atoms with Gasteiger partial charge in [-0.25, -0.2) is 0 Å². The van der Waals surface area contributed by atoms with Gasteiger partial charge in [-0.1, -0.05) is 30.3 Å². The molecule has 2 aliphatic rings. The third kappa shape index (κ3) is 3.35. The SMILES string of the molecule is NCCN(C1CC1)[C@@H]1CCN(Cc2ccccc2)C1. The van der Waals surface area contributed by atoms with Crippen molar-refractivity contribution < 1.29 is 0 Å². The van der Waals surface area contributed by atoms with E-state index < -0.39 is 0 Å². The highest BCUT2D eigenvalue weighted by molar-refractivity contribution is 5.14. The van der Waals surface area contributed by atoms with E-state index >= 15 is 0 Å². The van der Waals surface area contributed by atoms with Gasteiger partial charge in [-0.2, -0.15) is 0 Å². The summed E-state index contributed by atoms with van der Waals surface area (Å²) in [7, 11) is 0. The second-order valence-corrected chi connectivity index (χ2v) is 5.92. The van der Waals surface area contributed by atoms with Crippen LogP contribution in [0.1, 0.15) is 24.8 Å². The molecule has 1 aromatic rings. The number of rotatable bonds is 6. The molecule has 3 nitrogen and oxygen atoms in total. The van der Waals surface area contributed by atoms with Crippen molar-refractivity contribution in [3.8, 4) is 0 Å². The summed E-state index contributed by atoms with van der Waals surface area (Å²) in [6, 6.07) is 12.4. The van der Waals surface area contributed by atoms with Crippen LogP contribution in [0.4, 0.5) is 0 Å². The molecule has 0 aromatic heterocycles. The van der Waals surface area contributed by atoms with E-state index in [1.165, 1.54) is 37.9 Å². The van der Waals surface area contributed by atoms with E-state index in [1.54, 1.807) is 0 Å². The standard InChI is InChI=1S/C16H25N3/c17-9-11-19(15-6-7-15)16-8-10-18(13-16)12-14-4-2-1-3-5-14/h1-5,15-16H,6-13,17H2/t16-/m1/s1. The van der Waals surface area contributed by atoms with E-state index in [-0.39, 0.29) is 0 Å². The normalized spacial score (nSPS) is 24.2. The van der Waals surface area contributed by atoms with Gasteiger partial charge in [0, 0.05) is 44.8 Å². The lowest BCUT2D eigenvalue weighted by Crippen LogP contribution is -2.42. The molecule has 1 heterocycles. The van der Waals surface area contributed by atoms with Crippen LogP contribution < -0.4 is 5.73 Å². The van der Waals surface area contributed by atoms with Gasteiger partial charge in [0.25, 0.3) is 0 Å². The first-order valence-corrected chi connectivity index (χ1v) is 7.59. The maximum Gasteiger partial charge on any atom is 0.0238 e. The second-order valence-electron chi connectivity index (χ2n) is 5.92. The Balaban J connectivity index is 1.54. The number of benzene rings is 1.